The summed E-state index contributed by atoms with van der Waals surface area (Å²) < 4.78 is 10.6. The lowest BCUT2D eigenvalue weighted by molar-refractivity contribution is -0.136. The van der Waals surface area contributed by atoms with E-state index in [0.717, 1.165) is 67.5 Å². The van der Waals surface area contributed by atoms with Crippen LogP contribution in [0.4, 0.5) is 0 Å². The zero-order valence-electron chi connectivity index (χ0n) is 17.3. The fourth-order valence-electron chi connectivity index (χ4n) is 4.49. The molecule has 0 unspecified atom stereocenters. The van der Waals surface area contributed by atoms with Crippen molar-refractivity contribution in [2.75, 3.05) is 33.4 Å². The van der Waals surface area contributed by atoms with Gasteiger partial charge in [0.2, 0.25) is 0 Å². The monoisotopic (exact) mass is 416 g/mol. The van der Waals surface area contributed by atoms with Gasteiger partial charge in [-0.25, -0.2) is 4.79 Å². The molecule has 1 aromatic heterocycles. The first kappa shape index (κ1) is 20.3. The Balaban J connectivity index is 1.73. The van der Waals surface area contributed by atoms with Gasteiger partial charge in [-0.1, -0.05) is 0 Å². The fourth-order valence-corrected chi connectivity index (χ4v) is 5.66. The second-order valence-electron chi connectivity index (χ2n) is 7.88. The van der Waals surface area contributed by atoms with Crippen LogP contribution in [-0.4, -0.2) is 50.1 Å². The maximum Gasteiger partial charge on any atom is 0.336 e. The SMILES string of the molecule is COC(=O)C1=C(C)NC2=C(C(=O)CCC2)[C@@H]1c1cc(CN2CCOCC2)c(C)s1. The molecule has 1 aliphatic carbocycles. The van der Waals surface area contributed by atoms with Crippen LogP contribution in [0, 0.1) is 6.92 Å². The number of rotatable bonds is 4. The van der Waals surface area contributed by atoms with E-state index in [-0.39, 0.29) is 17.7 Å². The molecule has 4 rings (SSSR count). The molecule has 1 N–H and O–H groups in total. The largest absolute Gasteiger partial charge is 0.466 e. The number of hydrogen-bond donors (Lipinski definition) is 1. The van der Waals surface area contributed by atoms with Gasteiger partial charge in [0.25, 0.3) is 0 Å². The van der Waals surface area contributed by atoms with E-state index in [1.807, 2.05) is 6.92 Å². The molecule has 2 aliphatic heterocycles. The number of ketones is 1. The molecular weight excluding hydrogens is 388 g/mol. The van der Waals surface area contributed by atoms with Gasteiger partial charge in [-0.3, -0.25) is 9.69 Å². The van der Waals surface area contributed by atoms with Crippen molar-refractivity contribution in [3.8, 4) is 0 Å². The van der Waals surface area contributed by atoms with Crippen molar-refractivity contribution in [1.29, 1.82) is 0 Å². The van der Waals surface area contributed by atoms with Crippen molar-refractivity contribution in [2.45, 2.75) is 45.6 Å². The van der Waals surface area contributed by atoms with E-state index in [9.17, 15) is 9.59 Å². The van der Waals surface area contributed by atoms with Crippen LogP contribution in [0.5, 0.6) is 0 Å². The van der Waals surface area contributed by atoms with Gasteiger partial charge in [-0.05, 0) is 38.3 Å². The molecule has 0 radical (unpaired) electrons. The molecule has 1 aromatic rings. The lowest BCUT2D eigenvalue weighted by Gasteiger charge is -2.33. The van der Waals surface area contributed by atoms with Gasteiger partial charge < -0.3 is 14.8 Å². The first-order valence-electron chi connectivity index (χ1n) is 10.2. The molecule has 7 heteroatoms. The van der Waals surface area contributed by atoms with Gasteiger partial charge in [-0.15, -0.1) is 11.3 Å². The quantitative estimate of drug-likeness (QED) is 0.761. The Labute approximate surface area is 175 Å². The molecular formula is C22H28N2O4S. The van der Waals surface area contributed by atoms with Gasteiger partial charge in [0, 0.05) is 52.8 Å². The average Bonchev–Trinajstić information content (AvgIpc) is 3.07. The highest BCUT2D eigenvalue weighted by atomic mass is 32.1. The van der Waals surface area contributed by atoms with Crippen LogP contribution in [0.2, 0.25) is 0 Å². The number of aryl methyl sites for hydroxylation is 1. The van der Waals surface area contributed by atoms with Crippen LogP contribution in [0.15, 0.2) is 28.6 Å². The molecule has 3 heterocycles. The second kappa shape index (κ2) is 8.42. The third-order valence-electron chi connectivity index (χ3n) is 6.00. The lowest BCUT2D eigenvalue weighted by Crippen LogP contribution is -2.35. The van der Waals surface area contributed by atoms with E-state index < -0.39 is 0 Å². The molecule has 1 saturated heterocycles. The summed E-state index contributed by atoms with van der Waals surface area (Å²) in [6, 6.07) is 2.19. The molecule has 0 bridgehead atoms. The van der Waals surface area contributed by atoms with Crippen molar-refractivity contribution in [2.24, 2.45) is 0 Å². The van der Waals surface area contributed by atoms with Crippen molar-refractivity contribution >= 4 is 23.1 Å². The summed E-state index contributed by atoms with van der Waals surface area (Å²) in [4.78, 5) is 30.2. The van der Waals surface area contributed by atoms with E-state index in [1.165, 1.54) is 17.6 Å². The van der Waals surface area contributed by atoms with Gasteiger partial charge >= 0.3 is 5.97 Å². The summed E-state index contributed by atoms with van der Waals surface area (Å²) in [6.45, 7) is 8.28. The molecule has 29 heavy (non-hydrogen) atoms. The lowest BCUT2D eigenvalue weighted by atomic mass is 9.78. The van der Waals surface area contributed by atoms with Crippen molar-refractivity contribution < 1.29 is 19.1 Å². The van der Waals surface area contributed by atoms with Crippen LogP contribution in [-0.2, 0) is 25.6 Å². The number of esters is 1. The average molecular weight is 417 g/mol. The fraction of sp³-hybridized carbons (Fsp3) is 0.545. The van der Waals surface area contributed by atoms with Crippen molar-refractivity contribution in [3.05, 3.63) is 43.9 Å². The maximum absolute atomic E-state index is 12.9. The zero-order chi connectivity index (χ0) is 20.5. The summed E-state index contributed by atoms with van der Waals surface area (Å²) in [5.74, 6) is -0.571. The normalized spacial score (nSPS) is 23.1. The minimum atomic E-state index is -0.370. The maximum atomic E-state index is 12.9. The summed E-state index contributed by atoms with van der Waals surface area (Å²) in [5, 5.41) is 3.32. The number of carbonyl (C=O) groups excluding carboxylic acids is 2. The number of ether oxygens (including phenoxy) is 2. The predicted molar refractivity (Wildman–Crippen MR) is 112 cm³/mol. The number of morpholine rings is 1. The molecule has 1 fully saturated rings. The Morgan fingerprint density at radius 1 is 1.31 bits per heavy atom. The third kappa shape index (κ3) is 3.91. The van der Waals surface area contributed by atoms with E-state index in [1.54, 1.807) is 11.3 Å². The summed E-state index contributed by atoms with van der Waals surface area (Å²) in [5.41, 5.74) is 4.33. The topological polar surface area (TPSA) is 67.9 Å². The number of nitrogens with one attached hydrogen (secondary N) is 1. The zero-order valence-corrected chi connectivity index (χ0v) is 18.1. The van der Waals surface area contributed by atoms with Crippen molar-refractivity contribution in [1.82, 2.24) is 10.2 Å². The molecule has 0 saturated carbocycles. The van der Waals surface area contributed by atoms with Crippen LogP contribution in [0.3, 0.4) is 0 Å². The minimum Gasteiger partial charge on any atom is -0.466 e. The minimum absolute atomic E-state index is 0.137. The van der Waals surface area contributed by atoms with Gasteiger partial charge in [0.1, 0.15) is 0 Å². The van der Waals surface area contributed by atoms with E-state index in [0.29, 0.717) is 12.0 Å². The van der Waals surface area contributed by atoms with E-state index >= 15 is 0 Å². The summed E-state index contributed by atoms with van der Waals surface area (Å²) >= 11 is 1.69. The Bertz CT molecular complexity index is 893. The molecule has 6 nitrogen and oxygen atoms in total. The predicted octanol–water partition coefficient (Wildman–Crippen LogP) is 3.03. The molecule has 156 valence electrons. The Hall–Kier alpha value is -1.96. The molecule has 0 amide bonds. The summed E-state index contributed by atoms with van der Waals surface area (Å²) in [7, 11) is 1.40. The Morgan fingerprint density at radius 2 is 2.07 bits per heavy atom. The first-order valence-corrected chi connectivity index (χ1v) is 11.0. The number of methoxy groups -OCH3 is 1. The van der Waals surface area contributed by atoms with Gasteiger partial charge in [0.15, 0.2) is 5.78 Å². The number of carbonyl (C=O) groups is 2. The van der Waals surface area contributed by atoms with Gasteiger partial charge in [0.05, 0.1) is 31.8 Å². The Kier molecular flexibility index (Phi) is 5.90. The molecule has 0 spiro atoms. The van der Waals surface area contributed by atoms with E-state index in [2.05, 4.69) is 23.2 Å². The third-order valence-corrected chi connectivity index (χ3v) is 7.16. The van der Waals surface area contributed by atoms with Crippen LogP contribution in [0.25, 0.3) is 0 Å². The highest BCUT2D eigenvalue weighted by molar-refractivity contribution is 7.12. The Morgan fingerprint density at radius 3 is 2.79 bits per heavy atom. The number of hydrogen-bond acceptors (Lipinski definition) is 7. The van der Waals surface area contributed by atoms with E-state index in [4.69, 9.17) is 9.47 Å². The number of thiophene rings is 1. The van der Waals surface area contributed by atoms with Gasteiger partial charge in [-0.2, -0.15) is 0 Å². The standard InChI is InChI=1S/C22H28N2O4S/c1-13-19(22(26)27-3)21(20-16(23-13)5-4-6-17(20)25)18-11-15(14(2)29-18)12-24-7-9-28-10-8-24/h11,21,23H,4-10,12H2,1-3H3/t21-/m1/s1. The first-order chi connectivity index (χ1) is 14.0. The highest BCUT2D eigenvalue weighted by Crippen LogP contribution is 2.45. The van der Waals surface area contributed by atoms with Crippen LogP contribution < -0.4 is 5.32 Å². The number of nitrogens with zero attached hydrogens (tertiary/aromatic N) is 1. The van der Waals surface area contributed by atoms with Crippen LogP contribution >= 0.6 is 11.3 Å². The summed E-state index contributed by atoms with van der Waals surface area (Å²) in [6.07, 6.45) is 2.23. The smallest absolute Gasteiger partial charge is 0.336 e. The molecule has 3 aliphatic rings. The second-order valence-corrected chi connectivity index (χ2v) is 9.16. The van der Waals surface area contributed by atoms with Crippen molar-refractivity contribution in [3.63, 3.8) is 0 Å². The molecule has 1 atom stereocenters. The highest BCUT2D eigenvalue weighted by Gasteiger charge is 2.39. The number of Topliss-reactive ketones (excluding diaryl/α,β-unsaturated/α-hetero) is 1. The number of dihydropyridines is 1. The molecule has 0 aromatic carbocycles. The number of allylic oxidation sites excluding steroid dienone is 3. The van der Waals surface area contributed by atoms with Crippen LogP contribution in [0.1, 0.15) is 47.4 Å².